The molecule has 0 aliphatic carbocycles. The van der Waals surface area contributed by atoms with Gasteiger partial charge in [-0.05, 0) is 94.0 Å². The zero-order valence-corrected chi connectivity index (χ0v) is 33.7. The van der Waals surface area contributed by atoms with Crippen LogP contribution in [-0.4, -0.2) is 19.1 Å². The number of rotatable bonds is 7. The van der Waals surface area contributed by atoms with Gasteiger partial charge < -0.3 is 4.57 Å². The van der Waals surface area contributed by atoms with Crippen molar-refractivity contribution in [3.8, 4) is 67.4 Å². The van der Waals surface area contributed by atoms with E-state index < -0.39 is 0 Å². The minimum Gasteiger partial charge on any atom is -0.309 e. The van der Waals surface area contributed by atoms with Crippen molar-refractivity contribution in [2.45, 2.75) is 0 Å². The summed E-state index contributed by atoms with van der Waals surface area (Å²) >= 11 is 0. The first-order valence-corrected chi connectivity index (χ1v) is 21.1. The minimum absolute atomic E-state index is 0.675. The Labute approximate surface area is 359 Å². The highest BCUT2D eigenvalue weighted by Crippen LogP contribution is 2.42. The molecule has 0 saturated carbocycles. The summed E-state index contributed by atoms with van der Waals surface area (Å²) in [6, 6.07) is 82.0. The van der Waals surface area contributed by atoms with E-state index in [1.54, 1.807) is 0 Å². The SMILES string of the molecule is c1ccc(-c2cccc(-c3nc(-c4cccc(-c5cccc(-c6cccc7c6c6ccccc6n7-c6ccccc6)c5)c4)nc4c3c3ccccc3n4-c3ccccc3)c2)cc1. The van der Waals surface area contributed by atoms with Gasteiger partial charge in [0.15, 0.2) is 5.82 Å². The summed E-state index contributed by atoms with van der Waals surface area (Å²) in [5, 5.41) is 4.63. The number of para-hydroxylation sites is 4. The molecule has 0 amide bonds. The maximum Gasteiger partial charge on any atom is 0.162 e. The summed E-state index contributed by atoms with van der Waals surface area (Å²) in [4.78, 5) is 11.0. The Morgan fingerprint density at radius 2 is 0.742 bits per heavy atom. The molecule has 290 valence electrons. The Kier molecular flexibility index (Phi) is 8.46. The Balaban J connectivity index is 1.03. The molecule has 0 atom stereocenters. The van der Waals surface area contributed by atoms with Crippen molar-refractivity contribution in [1.29, 1.82) is 0 Å². The summed E-state index contributed by atoms with van der Waals surface area (Å²) in [6.07, 6.45) is 0. The monoisotopic (exact) mass is 790 g/mol. The maximum absolute atomic E-state index is 5.50. The van der Waals surface area contributed by atoms with Crippen LogP contribution in [0.5, 0.6) is 0 Å². The third-order valence-electron chi connectivity index (χ3n) is 12.1. The summed E-state index contributed by atoms with van der Waals surface area (Å²) in [7, 11) is 0. The lowest BCUT2D eigenvalue weighted by Gasteiger charge is -2.12. The molecule has 0 spiro atoms. The number of aromatic nitrogens is 4. The molecule has 12 rings (SSSR count). The average molecular weight is 791 g/mol. The summed E-state index contributed by atoms with van der Waals surface area (Å²) in [5.41, 5.74) is 16.4. The molecule has 0 saturated heterocycles. The fourth-order valence-electron chi connectivity index (χ4n) is 9.33. The quantitative estimate of drug-likeness (QED) is 0.161. The predicted molar refractivity (Wildman–Crippen MR) is 258 cm³/mol. The van der Waals surface area contributed by atoms with E-state index in [-0.39, 0.29) is 0 Å². The molecule has 4 nitrogen and oxygen atoms in total. The molecular weight excluding hydrogens is 753 g/mol. The maximum atomic E-state index is 5.50. The highest BCUT2D eigenvalue weighted by molar-refractivity contribution is 6.16. The molecule has 9 aromatic carbocycles. The molecule has 3 aromatic heterocycles. The van der Waals surface area contributed by atoms with E-state index in [4.69, 9.17) is 9.97 Å². The van der Waals surface area contributed by atoms with E-state index in [1.165, 1.54) is 38.5 Å². The van der Waals surface area contributed by atoms with Crippen LogP contribution in [0.4, 0.5) is 0 Å². The number of hydrogen-bond donors (Lipinski definition) is 0. The molecule has 0 unspecified atom stereocenters. The van der Waals surface area contributed by atoms with Crippen LogP contribution in [-0.2, 0) is 0 Å². The van der Waals surface area contributed by atoms with Gasteiger partial charge >= 0.3 is 0 Å². The van der Waals surface area contributed by atoms with Gasteiger partial charge in [-0.3, -0.25) is 4.57 Å². The Bertz CT molecular complexity index is 3620. The van der Waals surface area contributed by atoms with E-state index in [9.17, 15) is 0 Å². The zero-order chi connectivity index (χ0) is 41.0. The third kappa shape index (κ3) is 5.92. The molecule has 62 heavy (non-hydrogen) atoms. The predicted octanol–water partition coefficient (Wildman–Crippen LogP) is 15.0. The summed E-state index contributed by atoms with van der Waals surface area (Å²) in [5.74, 6) is 0.675. The standard InChI is InChI=1S/C58H38N4/c1-4-18-39(19-5-1)40-20-15-24-44(37-40)56-55-50-31-11-13-34-52(50)62(47-28-8-3-9-29-47)58(55)60-57(59-56)45-25-16-22-42(38-45)41-21-14-23-43(36-41)48-32-17-35-53-54(48)49-30-10-12-33-51(49)61(53)46-26-6-2-7-27-46/h1-38H. The van der Waals surface area contributed by atoms with Gasteiger partial charge in [-0.15, -0.1) is 0 Å². The topological polar surface area (TPSA) is 35.6 Å². The summed E-state index contributed by atoms with van der Waals surface area (Å²) in [6.45, 7) is 0. The van der Waals surface area contributed by atoms with E-state index >= 15 is 0 Å². The second-order valence-corrected chi connectivity index (χ2v) is 15.8. The van der Waals surface area contributed by atoms with Gasteiger partial charge in [0.2, 0.25) is 0 Å². The van der Waals surface area contributed by atoms with Crippen molar-refractivity contribution in [2.75, 3.05) is 0 Å². The van der Waals surface area contributed by atoms with Crippen LogP contribution in [0.1, 0.15) is 0 Å². The molecular formula is C58H38N4. The van der Waals surface area contributed by atoms with Gasteiger partial charge in [-0.25, -0.2) is 9.97 Å². The van der Waals surface area contributed by atoms with E-state index in [1.807, 2.05) is 0 Å². The second kappa shape index (κ2) is 14.7. The van der Waals surface area contributed by atoms with Crippen molar-refractivity contribution in [1.82, 2.24) is 19.1 Å². The highest BCUT2D eigenvalue weighted by atomic mass is 15.1. The van der Waals surface area contributed by atoms with Crippen LogP contribution in [0, 0.1) is 0 Å². The lowest BCUT2D eigenvalue weighted by Crippen LogP contribution is -1.99. The van der Waals surface area contributed by atoms with Crippen LogP contribution in [0.25, 0.3) is 111 Å². The molecule has 4 heteroatoms. The number of nitrogens with zero attached hydrogens (tertiary/aromatic N) is 4. The normalized spacial score (nSPS) is 11.5. The first-order valence-electron chi connectivity index (χ1n) is 21.1. The van der Waals surface area contributed by atoms with E-state index in [0.717, 1.165) is 66.8 Å². The fraction of sp³-hybridized carbons (Fsp3) is 0. The third-order valence-corrected chi connectivity index (χ3v) is 12.1. The first kappa shape index (κ1) is 35.6. The van der Waals surface area contributed by atoms with Crippen LogP contribution < -0.4 is 0 Å². The minimum atomic E-state index is 0.675. The Hall–Kier alpha value is -8.34. The molecule has 0 aliphatic rings. The van der Waals surface area contributed by atoms with Crippen LogP contribution in [0.15, 0.2) is 231 Å². The van der Waals surface area contributed by atoms with Crippen molar-refractivity contribution in [2.24, 2.45) is 0 Å². The van der Waals surface area contributed by atoms with Gasteiger partial charge in [-0.1, -0.05) is 170 Å². The molecule has 0 fully saturated rings. The number of fused-ring (bicyclic) bond motifs is 6. The molecule has 0 aliphatic heterocycles. The smallest absolute Gasteiger partial charge is 0.162 e. The first-order chi connectivity index (χ1) is 30.8. The largest absolute Gasteiger partial charge is 0.309 e. The van der Waals surface area contributed by atoms with Gasteiger partial charge in [0.1, 0.15) is 5.65 Å². The molecule has 0 bridgehead atoms. The van der Waals surface area contributed by atoms with Crippen molar-refractivity contribution in [3.63, 3.8) is 0 Å². The summed E-state index contributed by atoms with van der Waals surface area (Å²) < 4.78 is 4.66. The fourth-order valence-corrected chi connectivity index (χ4v) is 9.33. The van der Waals surface area contributed by atoms with Gasteiger partial charge in [0.05, 0.1) is 27.6 Å². The highest BCUT2D eigenvalue weighted by Gasteiger charge is 2.22. The molecule has 0 N–H and O–H groups in total. The Morgan fingerprint density at radius 3 is 1.44 bits per heavy atom. The number of benzene rings is 9. The van der Waals surface area contributed by atoms with Crippen LogP contribution >= 0.6 is 0 Å². The van der Waals surface area contributed by atoms with Crippen LogP contribution in [0.3, 0.4) is 0 Å². The zero-order valence-electron chi connectivity index (χ0n) is 33.7. The van der Waals surface area contributed by atoms with E-state index in [2.05, 4.69) is 240 Å². The van der Waals surface area contributed by atoms with Gasteiger partial charge in [0.25, 0.3) is 0 Å². The lowest BCUT2D eigenvalue weighted by atomic mass is 9.95. The second-order valence-electron chi connectivity index (χ2n) is 15.8. The molecule has 3 heterocycles. The number of hydrogen-bond acceptors (Lipinski definition) is 2. The molecule has 12 aromatic rings. The van der Waals surface area contributed by atoms with E-state index in [0.29, 0.717) is 5.82 Å². The average Bonchev–Trinajstić information content (AvgIpc) is 3.88. The lowest BCUT2D eigenvalue weighted by molar-refractivity contribution is 1.11. The molecule has 0 radical (unpaired) electrons. The van der Waals surface area contributed by atoms with Crippen molar-refractivity contribution < 1.29 is 0 Å². The van der Waals surface area contributed by atoms with Crippen LogP contribution in [0.2, 0.25) is 0 Å². The van der Waals surface area contributed by atoms with Crippen molar-refractivity contribution in [3.05, 3.63) is 231 Å². The Morgan fingerprint density at radius 1 is 0.290 bits per heavy atom. The van der Waals surface area contributed by atoms with Crippen molar-refractivity contribution >= 4 is 43.7 Å². The van der Waals surface area contributed by atoms with Gasteiger partial charge in [-0.2, -0.15) is 0 Å². The van der Waals surface area contributed by atoms with Gasteiger partial charge in [0, 0.05) is 38.7 Å².